The van der Waals surface area contributed by atoms with E-state index in [-0.39, 0.29) is 17.5 Å². The Bertz CT molecular complexity index is 508. The Balaban J connectivity index is 1.68. The molecule has 0 radical (unpaired) electrons. The Kier molecular flexibility index (Phi) is 4.93. The fraction of sp³-hybridized carbons (Fsp3) is 0.905. The topological polar surface area (TPSA) is 52.6 Å². The van der Waals surface area contributed by atoms with Crippen molar-refractivity contribution in [1.29, 1.82) is 0 Å². The molecule has 0 spiro atoms. The lowest BCUT2D eigenvalue weighted by Gasteiger charge is -2.60. The van der Waals surface area contributed by atoms with E-state index in [1.807, 2.05) is 20.8 Å². The summed E-state index contributed by atoms with van der Waals surface area (Å²) < 4.78 is 11.6. The zero-order valence-electron chi connectivity index (χ0n) is 16.5. The molecule has 4 heteroatoms. The molecular formula is C21H34O4. The molecule has 0 heterocycles. The van der Waals surface area contributed by atoms with Crippen LogP contribution in [0, 0.1) is 29.1 Å². The van der Waals surface area contributed by atoms with E-state index in [0.29, 0.717) is 18.3 Å². The third-order valence-corrected chi connectivity index (χ3v) is 7.42. The zero-order chi connectivity index (χ0) is 18.4. The minimum absolute atomic E-state index is 0.324. The molecule has 0 N–H and O–H groups in total. The summed E-state index contributed by atoms with van der Waals surface area (Å²) >= 11 is 0. The van der Waals surface area contributed by atoms with Gasteiger partial charge in [-0.1, -0.05) is 13.8 Å². The predicted molar refractivity (Wildman–Crippen MR) is 95.8 cm³/mol. The summed E-state index contributed by atoms with van der Waals surface area (Å²) in [5, 5.41) is 0. The molecule has 142 valence electrons. The minimum atomic E-state index is -0.834. The molecule has 4 saturated carbocycles. The van der Waals surface area contributed by atoms with Crippen LogP contribution in [0.5, 0.6) is 0 Å². The SMILES string of the molecule is CCC(C)(C)C(=O)OC(C)C(=O)OC1(CC)C2CC3CC(C2)CC1C3. The number of ether oxygens (including phenoxy) is 2. The quantitative estimate of drug-likeness (QED) is 0.662. The minimum Gasteiger partial charge on any atom is -0.456 e. The van der Waals surface area contributed by atoms with Gasteiger partial charge in [-0.05, 0) is 89.4 Å². The van der Waals surface area contributed by atoms with Crippen LogP contribution in [0.25, 0.3) is 0 Å². The number of esters is 2. The van der Waals surface area contributed by atoms with Crippen molar-refractivity contribution in [2.45, 2.75) is 91.3 Å². The van der Waals surface area contributed by atoms with Crippen LogP contribution in [0.1, 0.15) is 79.6 Å². The van der Waals surface area contributed by atoms with Crippen molar-refractivity contribution in [2.24, 2.45) is 29.1 Å². The average molecular weight is 350 g/mol. The van der Waals surface area contributed by atoms with Crippen molar-refractivity contribution in [3.8, 4) is 0 Å². The number of hydrogen-bond donors (Lipinski definition) is 0. The predicted octanol–water partition coefficient (Wildman–Crippen LogP) is 4.50. The fourth-order valence-corrected chi connectivity index (χ4v) is 5.58. The van der Waals surface area contributed by atoms with Crippen molar-refractivity contribution in [2.75, 3.05) is 0 Å². The summed E-state index contributed by atoms with van der Waals surface area (Å²) in [6.07, 6.45) is 6.89. The lowest BCUT2D eigenvalue weighted by Crippen LogP contribution is -2.60. The van der Waals surface area contributed by atoms with Gasteiger partial charge in [0.25, 0.3) is 0 Å². The highest BCUT2D eigenvalue weighted by atomic mass is 16.6. The molecule has 0 aromatic heterocycles. The first-order valence-corrected chi connectivity index (χ1v) is 10.2. The third kappa shape index (κ3) is 3.21. The smallest absolute Gasteiger partial charge is 0.347 e. The van der Waals surface area contributed by atoms with E-state index in [4.69, 9.17) is 9.47 Å². The Labute approximate surface area is 152 Å². The van der Waals surface area contributed by atoms with Crippen molar-refractivity contribution >= 4 is 11.9 Å². The summed E-state index contributed by atoms with van der Waals surface area (Å²) in [5.41, 5.74) is -0.898. The van der Waals surface area contributed by atoms with Crippen LogP contribution in [0.4, 0.5) is 0 Å². The van der Waals surface area contributed by atoms with Crippen LogP contribution in [0.15, 0.2) is 0 Å². The Hall–Kier alpha value is -1.06. The molecule has 4 aliphatic rings. The van der Waals surface area contributed by atoms with Crippen LogP contribution in [-0.2, 0) is 19.1 Å². The normalized spacial score (nSPS) is 37.6. The molecule has 25 heavy (non-hydrogen) atoms. The molecule has 1 unspecified atom stereocenters. The molecular weight excluding hydrogens is 316 g/mol. The van der Waals surface area contributed by atoms with E-state index in [9.17, 15) is 9.59 Å². The van der Waals surface area contributed by atoms with Crippen molar-refractivity contribution in [3.05, 3.63) is 0 Å². The highest BCUT2D eigenvalue weighted by Gasteiger charge is 2.58. The summed E-state index contributed by atoms with van der Waals surface area (Å²) in [7, 11) is 0. The molecule has 4 fully saturated rings. The van der Waals surface area contributed by atoms with E-state index in [1.54, 1.807) is 6.92 Å². The molecule has 0 aromatic carbocycles. The van der Waals surface area contributed by atoms with Gasteiger partial charge in [-0.25, -0.2) is 4.79 Å². The van der Waals surface area contributed by atoms with Crippen molar-refractivity contribution in [3.63, 3.8) is 0 Å². The first-order valence-electron chi connectivity index (χ1n) is 10.2. The molecule has 0 aromatic rings. The van der Waals surface area contributed by atoms with Gasteiger partial charge in [0.15, 0.2) is 6.10 Å². The highest BCUT2D eigenvalue weighted by molar-refractivity contribution is 5.81. The molecule has 0 aliphatic heterocycles. The number of hydrogen-bond acceptors (Lipinski definition) is 4. The van der Waals surface area contributed by atoms with Crippen molar-refractivity contribution in [1.82, 2.24) is 0 Å². The second-order valence-corrected chi connectivity index (χ2v) is 9.32. The molecule has 4 rings (SSSR count). The lowest BCUT2D eigenvalue weighted by molar-refractivity contribution is -0.219. The van der Waals surface area contributed by atoms with Crippen LogP contribution in [0.2, 0.25) is 0 Å². The Morgan fingerprint density at radius 2 is 1.56 bits per heavy atom. The van der Waals surface area contributed by atoms with Gasteiger partial charge in [-0.3, -0.25) is 4.79 Å². The van der Waals surface area contributed by atoms with E-state index in [1.165, 1.54) is 32.1 Å². The summed E-state index contributed by atoms with van der Waals surface area (Å²) in [6, 6.07) is 0. The van der Waals surface area contributed by atoms with Gasteiger partial charge in [-0.15, -0.1) is 0 Å². The fourth-order valence-electron chi connectivity index (χ4n) is 5.58. The van der Waals surface area contributed by atoms with Crippen LogP contribution in [-0.4, -0.2) is 23.6 Å². The van der Waals surface area contributed by atoms with Gasteiger partial charge in [0.05, 0.1) is 5.41 Å². The summed E-state index contributed by atoms with van der Waals surface area (Å²) in [5.74, 6) is 1.97. The first kappa shape index (κ1) is 18.7. The monoisotopic (exact) mass is 350 g/mol. The van der Waals surface area contributed by atoms with Crippen LogP contribution >= 0.6 is 0 Å². The average Bonchev–Trinajstić information content (AvgIpc) is 2.57. The van der Waals surface area contributed by atoms with E-state index < -0.39 is 11.5 Å². The largest absolute Gasteiger partial charge is 0.456 e. The zero-order valence-corrected chi connectivity index (χ0v) is 16.5. The van der Waals surface area contributed by atoms with Gasteiger partial charge in [0.2, 0.25) is 0 Å². The lowest BCUT2D eigenvalue weighted by atomic mass is 9.49. The summed E-state index contributed by atoms with van der Waals surface area (Å²) in [6.45, 7) is 9.43. The maximum Gasteiger partial charge on any atom is 0.347 e. The Morgan fingerprint density at radius 1 is 1.04 bits per heavy atom. The number of carbonyl (C=O) groups is 2. The maximum atomic E-state index is 12.8. The third-order valence-electron chi connectivity index (χ3n) is 7.42. The summed E-state index contributed by atoms with van der Waals surface area (Å²) in [4.78, 5) is 25.0. The maximum absolute atomic E-state index is 12.8. The standard InChI is InChI=1S/C21H34O4/c1-6-20(4,5)19(23)24-13(3)18(22)25-21(7-2)16-9-14-8-15(11-16)12-17(21)10-14/h13-17H,6-12H2,1-5H3. The van der Waals surface area contributed by atoms with E-state index in [2.05, 4.69) is 6.92 Å². The molecule has 4 aliphatic carbocycles. The number of rotatable bonds is 6. The molecule has 1 atom stereocenters. The van der Waals surface area contributed by atoms with Crippen LogP contribution in [0.3, 0.4) is 0 Å². The van der Waals surface area contributed by atoms with Crippen molar-refractivity contribution < 1.29 is 19.1 Å². The van der Waals surface area contributed by atoms with Gasteiger partial charge in [0.1, 0.15) is 5.60 Å². The highest BCUT2D eigenvalue weighted by Crippen LogP contribution is 2.60. The van der Waals surface area contributed by atoms with E-state index in [0.717, 1.165) is 18.3 Å². The second kappa shape index (κ2) is 6.59. The first-order chi connectivity index (χ1) is 11.7. The van der Waals surface area contributed by atoms with Gasteiger partial charge in [-0.2, -0.15) is 0 Å². The Morgan fingerprint density at radius 3 is 2.00 bits per heavy atom. The van der Waals surface area contributed by atoms with E-state index >= 15 is 0 Å². The van der Waals surface area contributed by atoms with Gasteiger partial charge < -0.3 is 9.47 Å². The molecule has 4 nitrogen and oxygen atoms in total. The number of carbonyl (C=O) groups excluding carboxylic acids is 2. The molecule has 0 saturated heterocycles. The van der Waals surface area contributed by atoms with Crippen LogP contribution < -0.4 is 0 Å². The molecule has 4 bridgehead atoms. The molecule has 0 amide bonds. The van der Waals surface area contributed by atoms with Gasteiger partial charge >= 0.3 is 11.9 Å². The van der Waals surface area contributed by atoms with Gasteiger partial charge in [0, 0.05) is 0 Å². The second-order valence-electron chi connectivity index (χ2n) is 9.32.